The molecule has 1 saturated heterocycles. The molecular formula is C22H27NO11. The maximum Gasteiger partial charge on any atom is 0.303 e. The van der Waals surface area contributed by atoms with Crippen molar-refractivity contribution < 1.29 is 52.4 Å². The maximum atomic E-state index is 11.8. The van der Waals surface area contributed by atoms with Crippen molar-refractivity contribution in [2.45, 2.75) is 65.3 Å². The van der Waals surface area contributed by atoms with E-state index in [0.29, 0.717) is 5.69 Å². The van der Waals surface area contributed by atoms with E-state index in [1.807, 2.05) is 0 Å². The van der Waals surface area contributed by atoms with Gasteiger partial charge in [-0.05, 0) is 24.3 Å². The second-order valence-corrected chi connectivity index (χ2v) is 7.39. The summed E-state index contributed by atoms with van der Waals surface area (Å²) >= 11 is 0. The zero-order valence-electron chi connectivity index (χ0n) is 19.4. The van der Waals surface area contributed by atoms with Crippen molar-refractivity contribution in [1.29, 1.82) is 0 Å². The molecule has 1 aliphatic rings. The van der Waals surface area contributed by atoms with Crippen LogP contribution < -0.4 is 10.1 Å². The van der Waals surface area contributed by atoms with E-state index in [9.17, 15) is 24.0 Å². The van der Waals surface area contributed by atoms with Crippen LogP contribution in [0.4, 0.5) is 5.69 Å². The highest BCUT2D eigenvalue weighted by molar-refractivity contribution is 5.88. The highest BCUT2D eigenvalue weighted by Gasteiger charge is 2.53. The third kappa shape index (κ3) is 8.03. The van der Waals surface area contributed by atoms with Crippen LogP contribution in [0.5, 0.6) is 5.75 Å². The second-order valence-electron chi connectivity index (χ2n) is 7.39. The van der Waals surface area contributed by atoms with Crippen molar-refractivity contribution in [2.24, 2.45) is 0 Å². The van der Waals surface area contributed by atoms with Crippen LogP contribution in [0.2, 0.25) is 0 Å². The summed E-state index contributed by atoms with van der Waals surface area (Å²) in [7, 11) is 0. The highest BCUT2D eigenvalue weighted by Crippen LogP contribution is 2.31. The molecule has 2 rings (SSSR count). The van der Waals surface area contributed by atoms with E-state index in [-0.39, 0.29) is 18.3 Å². The highest BCUT2D eigenvalue weighted by atomic mass is 16.7. The van der Waals surface area contributed by atoms with E-state index in [2.05, 4.69) is 5.32 Å². The van der Waals surface area contributed by atoms with Crippen LogP contribution in [-0.4, -0.2) is 67.1 Å². The SMILES string of the molecule is CC(=O)Nc1ccc(O[C@H]2O[C@H](COC(C)=O)[C@@H](OC(C)=O)[C@H](OC(C)=O)[C@H]2OC(C)=O)cc1. The number of anilines is 1. The molecule has 0 saturated carbocycles. The Morgan fingerprint density at radius 3 is 1.79 bits per heavy atom. The molecule has 0 bridgehead atoms. The molecule has 5 atom stereocenters. The first kappa shape index (κ1) is 26.6. The minimum absolute atomic E-state index is 0.256. The molecule has 0 aliphatic carbocycles. The first-order chi connectivity index (χ1) is 16.0. The molecule has 12 heteroatoms. The number of esters is 4. The van der Waals surface area contributed by atoms with Crippen LogP contribution in [0.3, 0.4) is 0 Å². The Labute approximate surface area is 195 Å². The summed E-state index contributed by atoms with van der Waals surface area (Å²) in [5, 5.41) is 2.61. The van der Waals surface area contributed by atoms with Crippen LogP contribution in [0, 0.1) is 0 Å². The molecule has 1 N–H and O–H groups in total. The van der Waals surface area contributed by atoms with Gasteiger partial charge in [0, 0.05) is 40.3 Å². The number of hydrogen-bond donors (Lipinski definition) is 1. The summed E-state index contributed by atoms with van der Waals surface area (Å²) in [5.41, 5.74) is 0.515. The van der Waals surface area contributed by atoms with E-state index in [1.165, 1.54) is 26.0 Å². The third-order valence-electron chi connectivity index (χ3n) is 4.38. The molecular weight excluding hydrogens is 454 g/mol. The maximum absolute atomic E-state index is 11.8. The van der Waals surface area contributed by atoms with Crippen molar-refractivity contribution in [3.05, 3.63) is 24.3 Å². The molecule has 0 unspecified atom stereocenters. The number of ether oxygens (including phenoxy) is 6. The van der Waals surface area contributed by atoms with E-state index < -0.39 is 54.6 Å². The van der Waals surface area contributed by atoms with E-state index in [0.717, 1.165) is 20.8 Å². The van der Waals surface area contributed by atoms with Gasteiger partial charge >= 0.3 is 23.9 Å². The summed E-state index contributed by atoms with van der Waals surface area (Å²) in [4.78, 5) is 58.0. The fourth-order valence-electron chi connectivity index (χ4n) is 3.24. The number of carbonyl (C=O) groups is 5. The van der Waals surface area contributed by atoms with Crippen molar-refractivity contribution in [3.63, 3.8) is 0 Å². The van der Waals surface area contributed by atoms with Crippen LogP contribution >= 0.6 is 0 Å². The normalized spacial score (nSPS) is 23.7. The van der Waals surface area contributed by atoms with Crippen LogP contribution in [-0.2, 0) is 47.7 Å². The van der Waals surface area contributed by atoms with Gasteiger partial charge in [-0.3, -0.25) is 24.0 Å². The van der Waals surface area contributed by atoms with Crippen molar-refractivity contribution in [2.75, 3.05) is 11.9 Å². The summed E-state index contributed by atoms with van der Waals surface area (Å²) in [6, 6.07) is 6.20. The van der Waals surface area contributed by atoms with Gasteiger partial charge in [-0.2, -0.15) is 0 Å². The molecule has 1 amide bonds. The molecule has 12 nitrogen and oxygen atoms in total. The molecule has 1 fully saturated rings. The van der Waals surface area contributed by atoms with Gasteiger partial charge in [-0.25, -0.2) is 0 Å². The average molecular weight is 481 g/mol. The Balaban J connectivity index is 2.40. The Morgan fingerprint density at radius 1 is 0.765 bits per heavy atom. The molecule has 1 aromatic rings. The fraction of sp³-hybridized carbons (Fsp3) is 0.500. The van der Waals surface area contributed by atoms with Crippen LogP contribution in [0.15, 0.2) is 24.3 Å². The fourth-order valence-corrected chi connectivity index (χ4v) is 3.24. The van der Waals surface area contributed by atoms with Gasteiger partial charge in [0.2, 0.25) is 18.3 Å². The number of benzene rings is 1. The molecule has 1 aromatic carbocycles. The standard InChI is InChI=1S/C22H27NO11/c1-11(24)23-16-6-8-17(9-7-16)33-22-21(32-15(5)28)20(31-14(4)27)19(30-13(3)26)18(34-22)10-29-12(2)25/h6-9,18-22H,10H2,1-5H3,(H,23,24)/t18-,19-,20+,21-,22+/m1/s1. The average Bonchev–Trinajstić information content (AvgIpc) is 2.71. The summed E-state index contributed by atoms with van der Waals surface area (Å²) in [6.45, 7) is 5.58. The lowest BCUT2D eigenvalue weighted by Gasteiger charge is -2.43. The van der Waals surface area contributed by atoms with Gasteiger partial charge in [0.05, 0.1) is 0 Å². The third-order valence-corrected chi connectivity index (χ3v) is 4.38. The van der Waals surface area contributed by atoms with E-state index in [1.54, 1.807) is 12.1 Å². The topological polar surface area (TPSA) is 153 Å². The zero-order chi connectivity index (χ0) is 25.4. The minimum atomic E-state index is -1.34. The Morgan fingerprint density at radius 2 is 1.29 bits per heavy atom. The van der Waals surface area contributed by atoms with Crippen LogP contribution in [0.1, 0.15) is 34.6 Å². The largest absolute Gasteiger partial charge is 0.463 e. The van der Waals surface area contributed by atoms with Gasteiger partial charge in [-0.1, -0.05) is 0 Å². The van der Waals surface area contributed by atoms with Crippen LogP contribution in [0.25, 0.3) is 0 Å². The number of carbonyl (C=O) groups excluding carboxylic acids is 5. The Kier molecular flexibility index (Phi) is 9.36. The number of rotatable bonds is 8. The monoisotopic (exact) mass is 481 g/mol. The predicted molar refractivity (Wildman–Crippen MR) is 113 cm³/mol. The minimum Gasteiger partial charge on any atom is -0.463 e. The van der Waals surface area contributed by atoms with E-state index in [4.69, 9.17) is 28.4 Å². The predicted octanol–water partition coefficient (Wildman–Crippen LogP) is 1.11. The van der Waals surface area contributed by atoms with Gasteiger partial charge < -0.3 is 33.7 Å². The Bertz CT molecular complexity index is 914. The molecule has 0 aromatic heterocycles. The summed E-state index contributed by atoms with van der Waals surface area (Å²) < 4.78 is 32.7. The van der Waals surface area contributed by atoms with Crippen molar-refractivity contribution in [1.82, 2.24) is 0 Å². The molecule has 34 heavy (non-hydrogen) atoms. The van der Waals surface area contributed by atoms with Gasteiger partial charge in [-0.15, -0.1) is 0 Å². The van der Waals surface area contributed by atoms with Gasteiger partial charge in [0.15, 0.2) is 12.2 Å². The number of amides is 1. The first-order valence-corrected chi connectivity index (χ1v) is 10.3. The lowest BCUT2D eigenvalue weighted by atomic mass is 9.98. The van der Waals surface area contributed by atoms with E-state index >= 15 is 0 Å². The quantitative estimate of drug-likeness (QED) is 0.419. The number of nitrogens with one attached hydrogen (secondary N) is 1. The van der Waals surface area contributed by atoms with Gasteiger partial charge in [0.25, 0.3) is 0 Å². The smallest absolute Gasteiger partial charge is 0.303 e. The Hall–Kier alpha value is -3.67. The van der Waals surface area contributed by atoms with Crippen molar-refractivity contribution >= 4 is 35.5 Å². The molecule has 186 valence electrons. The molecule has 1 heterocycles. The first-order valence-electron chi connectivity index (χ1n) is 10.3. The summed E-state index contributed by atoms with van der Waals surface area (Å²) in [6.07, 6.45) is -6.40. The second kappa shape index (κ2) is 12.0. The zero-order valence-corrected chi connectivity index (χ0v) is 19.4. The van der Waals surface area contributed by atoms with Crippen molar-refractivity contribution in [3.8, 4) is 5.75 Å². The molecule has 0 spiro atoms. The number of hydrogen-bond acceptors (Lipinski definition) is 11. The van der Waals surface area contributed by atoms with Gasteiger partial charge in [0.1, 0.15) is 18.5 Å². The lowest BCUT2D eigenvalue weighted by molar-refractivity contribution is -0.288. The molecule has 0 radical (unpaired) electrons. The lowest BCUT2D eigenvalue weighted by Crippen LogP contribution is -2.63. The summed E-state index contributed by atoms with van der Waals surface area (Å²) in [5.74, 6) is -2.83. The molecule has 1 aliphatic heterocycles.